The molecule has 0 radical (unpaired) electrons. The molecule has 0 aliphatic rings. The minimum Gasteiger partial charge on any atom is -0.423 e. The van der Waals surface area contributed by atoms with Gasteiger partial charge in [0.1, 0.15) is 0 Å². The maximum atomic E-state index is 8.75. The van der Waals surface area contributed by atoms with Crippen molar-refractivity contribution in [3.63, 3.8) is 0 Å². The van der Waals surface area contributed by atoms with E-state index in [2.05, 4.69) is 27.6 Å². The smallest absolute Gasteiger partial charge is 0.423 e. The summed E-state index contributed by atoms with van der Waals surface area (Å²) in [7, 11) is -1.42. The van der Waals surface area contributed by atoms with Gasteiger partial charge in [-0.1, -0.05) is 0 Å². The fourth-order valence-electron chi connectivity index (χ4n) is 0.662. The summed E-state index contributed by atoms with van der Waals surface area (Å²) in [4.78, 5) is 3.97. The van der Waals surface area contributed by atoms with Crippen LogP contribution in [0, 0.1) is 10.5 Å². The van der Waals surface area contributed by atoms with Crippen LogP contribution in [0.3, 0.4) is 0 Å². The van der Waals surface area contributed by atoms with E-state index in [1.807, 2.05) is 6.92 Å². The van der Waals surface area contributed by atoms with Gasteiger partial charge < -0.3 is 10.0 Å². The highest BCUT2D eigenvalue weighted by atomic mass is 127. The van der Waals surface area contributed by atoms with Crippen LogP contribution in [-0.4, -0.2) is 22.2 Å². The van der Waals surface area contributed by atoms with Crippen molar-refractivity contribution in [2.45, 2.75) is 6.92 Å². The maximum absolute atomic E-state index is 8.75. The Hall–Kier alpha value is -0.135. The molecule has 11 heavy (non-hydrogen) atoms. The Balaban J connectivity index is 3.05. The first-order chi connectivity index (χ1) is 5.11. The molecule has 58 valence electrons. The average molecular weight is 263 g/mol. The third-order valence-electron chi connectivity index (χ3n) is 1.34. The van der Waals surface area contributed by atoms with Gasteiger partial charge in [0.2, 0.25) is 0 Å². The largest absolute Gasteiger partial charge is 0.490 e. The van der Waals surface area contributed by atoms with Gasteiger partial charge in [-0.15, -0.1) is 0 Å². The van der Waals surface area contributed by atoms with Gasteiger partial charge in [-0.3, -0.25) is 4.98 Å². The van der Waals surface area contributed by atoms with Crippen LogP contribution in [0.1, 0.15) is 5.69 Å². The zero-order valence-electron chi connectivity index (χ0n) is 5.95. The van der Waals surface area contributed by atoms with Crippen molar-refractivity contribution in [2.24, 2.45) is 0 Å². The number of hydrogen-bond acceptors (Lipinski definition) is 3. The molecule has 0 saturated heterocycles. The van der Waals surface area contributed by atoms with Crippen molar-refractivity contribution in [1.29, 1.82) is 0 Å². The Morgan fingerprint density at radius 3 is 2.64 bits per heavy atom. The minimum absolute atomic E-state index is 0.431. The summed E-state index contributed by atoms with van der Waals surface area (Å²) in [5.41, 5.74) is 1.33. The summed E-state index contributed by atoms with van der Waals surface area (Å²) < 4.78 is 0.938. The number of rotatable bonds is 1. The summed E-state index contributed by atoms with van der Waals surface area (Å²) in [5, 5.41) is 17.5. The van der Waals surface area contributed by atoms with E-state index in [1.165, 1.54) is 6.20 Å². The summed E-state index contributed by atoms with van der Waals surface area (Å²) in [6, 6.07) is 1.70. The molecule has 5 heteroatoms. The van der Waals surface area contributed by atoms with Crippen LogP contribution in [-0.2, 0) is 0 Å². The zero-order chi connectivity index (χ0) is 8.43. The topological polar surface area (TPSA) is 53.4 Å². The van der Waals surface area contributed by atoms with Crippen molar-refractivity contribution in [3.8, 4) is 0 Å². The summed E-state index contributed by atoms with van der Waals surface area (Å²) in [6.45, 7) is 1.87. The zero-order valence-corrected chi connectivity index (χ0v) is 8.11. The average Bonchev–Trinajstić information content (AvgIpc) is 1.94. The molecule has 0 aromatic carbocycles. The quantitative estimate of drug-likeness (QED) is 0.539. The van der Waals surface area contributed by atoms with Crippen LogP contribution >= 0.6 is 22.6 Å². The molecule has 0 unspecified atom stereocenters. The van der Waals surface area contributed by atoms with E-state index in [1.54, 1.807) is 6.07 Å². The number of halogens is 1. The fourth-order valence-corrected chi connectivity index (χ4v) is 1.16. The molecule has 0 fully saturated rings. The molecule has 1 aromatic rings. The monoisotopic (exact) mass is 263 g/mol. The SMILES string of the molecule is Cc1ncc(B(O)O)cc1I. The van der Waals surface area contributed by atoms with Gasteiger partial charge in [0.05, 0.1) is 5.69 Å². The number of aryl methyl sites for hydroxylation is 1. The van der Waals surface area contributed by atoms with E-state index in [-0.39, 0.29) is 0 Å². The Morgan fingerprint density at radius 2 is 2.18 bits per heavy atom. The molecule has 0 spiro atoms. The minimum atomic E-state index is -1.42. The standard InChI is InChI=1S/C6H7BINO2/c1-4-6(8)2-5(3-9-4)7(10)11/h2-3,10-11H,1H3. The normalized spacial score (nSPS) is 9.82. The molecule has 3 nitrogen and oxygen atoms in total. The molecule has 1 aromatic heterocycles. The van der Waals surface area contributed by atoms with Gasteiger partial charge in [-0.25, -0.2) is 0 Å². The van der Waals surface area contributed by atoms with Crippen LogP contribution in [0.2, 0.25) is 0 Å². The molecule has 0 aliphatic heterocycles. The Morgan fingerprint density at radius 1 is 1.55 bits per heavy atom. The predicted molar refractivity (Wildman–Crippen MR) is 51.5 cm³/mol. The first-order valence-corrected chi connectivity index (χ1v) is 4.17. The molecular formula is C6H7BINO2. The van der Waals surface area contributed by atoms with E-state index in [0.717, 1.165) is 9.26 Å². The third-order valence-corrected chi connectivity index (χ3v) is 2.44. The number of aromatic nitrogens is 1. The highest BCUT2D eigenvalue weighted by Crippen LogP contribution is 2.04. The lowest BCUT2D eigenvalue weighted by atomic mass is 9.82. The van der Waals surface area contributed by atoms with Gasteiger partial charge in [-0.05, 0) is 35.6 Å². The van der Waals surface area contributed by atoms with Crippen LogP contribution in [0.5, 0.6) is 0 Å². The second kappa shape index (κ2) is 3.51. The lowest BCUT2D eigenvalue weighted by Crippen LogP contribution is -2.30. The Bertz CT molecular complexity index is 267. The third kappa shape index (κ3) is 2.15. The van der Waals surface area contributed by atoms with E-state index in [0.29, 0.717) is 5.46 Å². The molecule has 0 aliphatic carbocycles. The number of hydrogen-bond donors (Lipinski definition) is 2. The highest BCUT2D eigenvalue weighted by Gasteiger charge is 2.11. The first-order valence-electron chi connectivity index (χ1n) is 3.09. The van der Waals surface area contributed by atoms with Crippen molar-refractivity contribution in [1.82, 2.24) is 4.98 Å². The Labute approximate surface area is 78.8 Å². The van der Waals surface area contributed by atoms with Gasteiger partial charge >= 0.3 is 7.12 Å². The summed E-state index contributed by atoms with van der Waals surface area (Å²) >= 11 is 2.10. The fraction of sp³-hybridized carbons (Fsp3) is 0.167. The van der Waals surface area contributed by atoms with E-state index in [9.17, 15) is 0 Å². The van der Waals surface area contributed by atoms with Gasteiger partial charge in [-0.2, -0.15) is 0 Å². The molecule has 2 N–H and O–H groups in total. The van der Waals surface area contributed by atoms with E-state index in [4.69, 9.17) is 10.0 Å². The second-order valence-electron chi connectivity index (χ2n) is 2.21. The maximum Gasteiger partial charge on any atom is 0.490 e. The van der Waals surface area contributed by atoms with Gasteiger partial charge in [0, 0.05) is 15.2 Å². The second-order valence-corrected chi connectivity index (χ2v) is 3.37. The van der Waals surface area contributed by atoms with Gasteiger partial charge in [0.15, 0.2) is 0 Å². The molecule has 1 heterocycles. The predicted octanol–water partition coefficient (Wildman–Crippen LogP) is -0.326. The number of pyridine rings is 1. The first kappa shape index (κ1) is 8.96. The van der Waals surface area contributed by atoms with Crippen molar-refractivity contribution < 1.29 is 10.0 Å². The highest BCUT2D eigenvalue weighted by molar-refractivity contribution is 14.1. The summed E-state index contributed by atoms with van der Waals surface area (Å²) in [5.74, 6) is 0. The van der Waals surface area contributed by atoms with Crippen LogP contribution in [0.4, 0.5) is 0 Å². The van der Waals surface area contributed by atoms with Crippen LogP contribution in [0.25, 0.3) is 0 Å². The van der Waals surface area contributed by atoms with E-state index < -0.39 is 7.12 Å². The lowest BCUT2D eigenvalue weighted by Gasteiger charge is -2.00. The Kier molecular flexibility index (Phi) is 2.86. The van der Waals surface area contributed by atoms with Crippen LogP contribution < -0.4 is 5.46 Å². The van der Waals surface area contributed by atoms with Crippen molar-refractivity contribution in [3.05, 3.63) is 21.5 Å². The molecule has 0 amide bonds. The van der Waals surface area contributed by atoms with E-state index >= 15 is 0 Å². The number of nitrogens with zero attached hydrogens (tertiary/aromatic N) is 1. The molecule has 0 bridgehead atoms. The molecule has 0 atom stereocenters. The van der Waals surface area contributed by atoms with Crippen LogP contribution in [0.15, 0.2) is 12.3 Å². The molecular weight excluding hydrogens is 256 g/mol. The lowest BCUT2D eigenvalue weighted by molar-refractivity contribution is 0.425. The summed E-state index contributed by atoms with van der Waals surface area (Å²) in [6.07, 6.45) is 1.46. The van der Waals surface area contributed by atoms with Crippen molar-refractivity contribution >= 4 is 35.2 Å². The van der Waals surface area contributed by atoms with Gasteiger partial charge in [0.25, 0.3) is 0 Å². The molecule has 0 saturated carbocycles. The molecule has 1 rings (SSSR count). The van der Waals surface area contributed by atoms with Crippen molar-refractivity contribution in [2.75, 3.05) is 0 Å².